The van der Waals surface area contributed by atoms with E-state index >= 15 is 0 Å². The van der Waals surface area contributed by atoms with Gasteiger partial charge in [0.2, 0.25) is 0 Å². The highest BCUT2D eigenvalue weighted by Gasteiger charge is 2.03. The lowest BCUT2D eigenvalue weighted by Crippen LogP contribution is -2.31. The molecule has 82 valence electrons. The van der Waals surface area contributed by atoms with Crippen molar-refractivity contribution in [1.82, 2.24) is 19.5 Å². The van der Waals surface area contributed by atoms with Crippen molar-refractivity contribution < 1.29 is 0 Å². The maximum atomic E-state index is 11.4. The number of aromatic nitrogens is 4. The van der Waals surface area contributed by atoms with Crippen molar-refractivity contribution in [3.63, 3.8) is 0 Å². The summed E-state index contributed by atoms with van der Waals surface area (Å²) in [7, 11) is 0. The van der Waals surface area contributed by atoms with E-state index in [0.29, 0.717) is 5.82 Å². The van der Waals surface area contributed by atoms with E-state index in [1.807, 2.05) is 0 Å². The summed E-state index contributed by atoms with van der Waals surface area (Å²) in [5, 5.41) is 0. The van der Waals surface area contributed by atoms with Crippen LogP contribution in [0.15, 0.2) is 34.2 Å². The predicted molar refractivity (Wildman–Crippen MR) is 56.9 cm³/mol. The van der Waals surface area contributed by atoms with Crippen molar-refractivity contribution in [3.05, 3.63) is 51.3 Å². The van der Waals surface area contributed by atoms with Crippen molar-refractivity contribution in [2.45, 2.75) is 6.54 Å². The Hall–Kier alpha value is -2.44. The molecule has 0 saturated heterocycles. The van der Waals surface area contributed by atoms with Crippen LogP contribution in [0.4, 0.5) is 5.69 Å². The highest BCUT2D eigenvalue weighted by atomic mass is 16.2. The van der Waals surface area contributed by atoms with E-state index in [1.165, 1.54) is 10.8 Å². The molecule has 0 aromatic carbocycles. The molecule has 0 amide bonds. The van der Waals surface area contributed by atoms with Gasteiger partial charge in [0.05, 0.1) is 6.54 Å². The summed E-state index contributed by atoms with van der Waals surface area (Å²) in [5.74, 6) is 0.469. The predicted octanol–water partition coefficient (Wildman–Crippen LogP) is -1.04. The summed E-state index contributed by atoms with van der Waals surface area (Å²) in [5.41, 5.74) is 4.26. The Balaban J connectivity index is 2.40. The minimum Gasteiger partial charge on any atom is -0.393 e. The number of nitrogens with one attached hydrogen (secondary N) is 1. The van der Waals surface area contributed by atoms with Gasteiger partial charge in [-0.25, -0.2) is 14.8 Å². The number of hydrogen-bond donors (Lipinski definition) is 2. The molecule has 7 heteroatoms. The fraction of sp³-hybridized carbons (Fsp3) is 0.111. The molecule has 2 heterocycles. The quantitative estimate of drug-likeness (QED) is 0.670. The number of nitrogens with two attached hydrogens (primary N) is 1. The van der Waals surface area contributed by atoms with Gasteiger partial charge in [0.25, 0.3) is 5.56 Å². The van der Waals surface area contributed by atoms with Gasteiger partial charge in [0.1, 0.15) is 11.5 Å². The maximum Gasteiger partial charge on any atom is 0.328 e. The van der Waals surface area contributed by atoms with Crippen LogP contribution in [0.25, 0.3) is 0 Å². The first-order valence-corrected chi connectivity index (χ1v) is 4.52. The second kappa shape index (κ2) is 3.97. The molecule has 2 aromatic heterocycles. The monoisotopic (exact) mass is 219 g/mol. The Morgan fingerprint density at radius 3 is 2.69 bits per heavy atom. The highest BCUT2D eigenvalue weighted by molar-refractivity contribution is 5.30. The average Bonchev–Trinajstić information content (AvgIpc) is 2.27. The number of H-pyrrole nitrogens is 1. The summed E-state index contributed by atoms with van der Waals surface area (Å²) in [4.78, 5) is 32.4. The molecule has 0 spiro atoms. The Kier molecular flexibility index (Phi) is 2.50. The molecule has 0 aliphatic carbocycles. The third-order valence-electron chi connectivity index (χ3n) is 1.97. The van der Waals surface area contributed by atoms with E-state index in [4.69, 9.17) is 5.73 Å². The topological polar surface area (TPSA) is 107 Å². The van der Waals surface area contributed by atoms with E-state index in [2.05, 4.69) is 15.0 Å². The average molecular weight is 219 g/mol. The third-order valence-corrected chi connectivity index (χ3v) is 1.97. The van der Waals surface area contributed by atoms with E-state index in [1.54, 1.807) is 18.5 Å². The summed E-state index contributed by atoms with van der Waals surface area (Å²) < 4.78 is 1.24. The Labute approximate surface area is 89.6 Å². The van der Waals surface area contributed by atoms with Crippen LogP contribution in [0.5, 0.6) is 0 Å². The third kappa shape index (κ3) is 1.97. The standard InChI is InChI=1S/C9H9N5O2/c10-6-4-14(9(16)13-8(6)15)5-7-11-2-1-3-12-7/h1-4H,5,10H2,(H,13,15,16). The van der Waals surface area contributed by atoms with Gasteiger partial charge >= 0.3 is 5.69 Å². The minimum absolute atomic E-state index is 0.0180. The molecule has 16 heavy (non-hydrogen) atoms. The van der Waals surface area contributed by atoms with Crippen LogP contribution in [-0.4, -0.2) is 19.5 Å². The van der Waals surface area contributed by atoms with Gasteiger partial charge in [-0.3, -0.25) is 14.3 Å². The number of anilines is 1. The molecule has 0 aliphatic heterocycles. The SMILES string of the molecule is Nc1cn(Cc2ncccn2)c(=O)[nH]c1=O. The lowest BCUT2D eigenvalue weighted by atomic mass is 10.5. The number of nitrogen functional groups attached to an aromatic ring is 1. The number of hydrogen-bond acceptors (Lipinski definition) is 5. The van der Waals surface area contributed by atoms with Crippen LogP contribution >= 0.6 is 0 Å². The Morgan fingerprint density at radius 2 is 2.00 bits per heavy atom. The molecule has 0 saturated carbocycles. The molecule has 0 bridgehead atoms. The maximum absolute atomic E-state index is 11.4. The molecular formula is C9H9N5O2. The smallest absolute Gasteiger partial charge is 0.328 e. The Morgan fingerprint density at radius 1 is 1.31 bits per heavy atom. The van der Waals surface area contributed by atoms with Crippen LogP contribution < -0.4 is 17.0 Å². The van der Waals surface area contributed by atoms with Gasteiger partial charge < -0.3 is 5.73 Å². The van der Waals surface area contributed by atoms with Crippen molar-refractivity contribution in [3.8, 4) is 0 Å². The number of rotatable bonds is 2. The Bertz CT molecular complexity index is 601. The number of aromatic amines is 1. The molecule has 7 nitrogen and oxygen atoms in total. The first kappa shape index (κ1) is 10.1. The fourth-order valence-corrected chi connectivity index (χ4v) is 1.21. The van der Waals surface area contributed by atoms with Crippen LogP contribution in [0.3, 0.4) is 0 Å². The molecule has 0 atom stereocenters. The molecule has 3 N–H and O–H groups in total. The van der Waals surface area contributed by atoms with Crippen molar-refractivity contribution in [1.29, 1.82) is 0 Å². The first-order chi connectivity index (χ1) is 7.66. The largest absolute Gasteiger partial charge is 0.393 e. The molecule has 2 aromatic rings. The van der Waals surface area contributed by atoms with E-state index in [9.17, 15) is 9.59 Å². The lowest BCUT2D eigenvalue weighted by molar-refractivity contribution is 0.687. The summed E-state index contributed by atoms with van der Waals surface area (Å²) >= 11 is 0. The van der Waals surface area contributed by atoms with Gasteiger partial charge in [-0.05, 0) is 6.07 Å². The van der Waals surface area contributed by atoms with Gasteiger partial charge in [0, 0.05) is 18.6 Å². The van der Waals surface area contributed by atoms with Gasteiger partial charge in [-0.15, -0.1) is 0 Å². The lowest BCUT2D eigenvalue weighted by Gasteiger charge is -2.03. The molecule has 0 unspecified atom stereocenters. The molecule has 0 fully saturated rings. The van der Waals surface area contributed by atoms with Crippen molar-refractivity contribution in [2.24, 2.45) is 0 Å². The van der Waals surface area contributed by atoms with Crippen LogP contribution in [0.2, 0.25) is 0 Å². The number of nitrogens with zero attached hydrogens (tertiary/aromatic N) is 3. The normalized spacial score (nSPS) is 10.2. The van der Waals surface area contributed by atoms with Crippen LogP contribution in [0.1, 0.15) is 5.82 Å². The van der Waals surface area contributed by atoms with Crippen LogP contribution in [0, 0.1) is 0 Å². The highest BCUT2D eigenvalue weighted by Crippen LogP contribution is 1.93. The van der Waals surface area contributed by atoms with E-state index in [0.717, 1.165) is 0 Å². The first-order valence-electron chi connectivity index (χ1n) is 4.52. The minimum atomic E-state index is -0.588. The van der Waals surface area contributed by atoms with Crippen molar-refractivity contribution >= 4 is 5.69 Å². The summed E-state index contributed by atoms with van der Waals surface area (Å²) in [6, 6.07) is 1.67. The van der Waals surface area contributed by atoms with Gasteiger partial charge in [-0.1, -0.05) is 0 Å². The van der Waals surface area contributed by atoms with E-state index < -0.39 is 11.2 Å². The van der Waals surface area contributed by atoms with Crippen LogP contribution in [-0.2, 0) is 6.54 Å². The van der Waals surface area contributed by atoms with Crippen molar-refractivity contribution in [2.75, 3.05) is 5.73 Å². The van der Waals surface area contributed by atoms with E-state index in [-0.39, 0.29) is 12.2 Å². The second-order valence-electron chi connectivity index (χ2n) is 3.14. The molecule has 0 aliphatic rings. The van der Waals surface area contributed by atoms with Gasteiger partial charge in [-0.2, -0.15) is 0 Å². The molecule has 2 rings (SSSR count). The fourth-order valence-electron chi connectivity index (χ4n) is 1.21. The zero-order chi connectivity index (χ0) is 11.5. The van der Waals surface area contributed by atoms with Gasteiger partial charge in [0.15, 0.2) is 0 Å². The molecular weight excluding hydrogens is 210 g/mol. The summed E-state index contributed by atoms with van der Waals surface area (Å²) in [6.45, 7) is 0.167. The zero-order valence-electron chi connectivity index (χ0n) is 8.25. The molecule has 0 radical (unpaired) electrons. The second-order valence-corrected chi connectivity index (χ2v) is 3.14. The summed E-state index contributed by atoms with van der Waals surface area (Å²) in [6.07, 6.45) is 4.42. The zero-order valence-corrected chi connectivity index (χ0v) is 8.25.